The minimum atomic E-state index is -4.25. The Morgan fingerprint density at radius 2 is 1.81 bits per heavy atom. The van der Waals surface area contributed by atoms with E-state index in [1.165, 1.54) is 12.1 Å². The van der Waals surface area contributed by atoms with Crippen molar-refractivity contribution in [3.63, 3.8) is 0 Å². The summed E-state index contributed by atoms with van der Waals surface area (Å²) in [7, 11) is -8.12. The molecule has 31 heavy (non-hydrogen) atoms. The summed E-state index contributed by atoms with van der Waals surface area (Å²) in [5.74, 6) is 0.408. The molecule has 3 aromatic rings. The van der Waals surface area contributed by atoms with Crippen molar-refractivity contribution >= 4 is 37.3 Å². The van der Waals surface area contributed by atoms with E-state index in [1.54, 1.807) is 31.2 Å². The molecule has 13 heteroatoms. The first-order valence-electron chi connectivity index (χ1n) is 8.85. The van der Waals surface area contributed by atoms with Gasteiger partial charge in [0.05, 0.1) is 11.4 Å². The first-order chi connectivity index (χ1) is 14.5. The molecule has 0 fully saturated rings. The maximum atomic E-state index is 12.5. The van der Waals surface area contributed by atoms with Crippen LogP contribution in [0, 0.1) is 6.92 Å². The predicted molar refractivity (Wildman–Crippen MR) is 114 cm³/mol. The number of aromatic nitrogens is 2. The quantitative estimate of drug-likeness (QED) is 0.466. The van der Waals surface area contributed by atoms with E-state index >= 15 is 0 Å². The normalized spacial score (nSPS) is 12.0. The Morgan fingerprint density at radius 3 is 2.42 bits per heavy atom. The van der Waals surface area contributed by atoms with Crippen molar-refractivity contribution < 1.29 is 26.0 Å². The van der Waals surface area contributed by atoms with Gasteiger partial charge in [0.2, 0.25) is 25.9 Å². The van der Waals surface area contributed by atoms with E-state index < -0.39 is 24.9 Å². The Hall–Kier alpha value is -2.67. The Labute approximate surface area is 184 Å². The van der Waals surface area contributed by atoms with E-state index in [-0.39, 0.29) is 36.1 Å². The van der Waals surface area contributed by atoms with Gasteiger partial charge in [-0.2, -0.15) is 0 Å². The maximum absolute atomic E-state index is 12.5. The Morgan fingerprint density at radius 1 is 1.10 bits per heavy atom. The number of primary sulfonamides is 1. The predicted octanol–water partition coefficient (Wildman–Crippen LogP) is 2.24. The molecule has 0 unspecified atom stereocenters. The summed E-state index contributed by atoms with van der Waals surface area (Å²) in [6.45, 7) is 1.51. The number of anilines is 1. The summed E-state index contributed by atoms with van der Waals surface area (Å²) in [4.78, 5) is -0.429. The van der Waals surface area contributed by atoms with Crippen LogP contribution < -0.4 is 14.6 Å². The number of nitrogens with two attached hydrogens (primary N) is 1. The Balaban J connectivity index is 1.75. The van der Waals surface area contributed by atoms with E-state index in [0.717, 1.165) is 11.6 Å². The number of benzene rings is 2. The molecule has 3 N–H and O–H groups in total. The smallest absolute Gasteiger partial charge is 0.253 e. The third kappa shape index (κ3) is 6.66. The van der Waals surface area contributed by atoms with E-state index in [1.807, 2.05) is 0 Å². The highest BCUT2D eigenvalue weighted by Gasteiger charge is 2.20. The zero-order chi connectivity index (χ0) is 22.6. The SMILES string of the molecule is Cc1nnc(COc2ccc(NS(=O)(=O)CCc3ccc(Cl)cc3)c(S(N)(=O)=O)c2)o1. The lowest BCUT2D eigenvalue weighted by Gasteiger charge is -2.13. The molecular weight excluding hydrogens is 468 g/mol. The van der Waals surface area contributed by atoms with Gasteiger partial charge >= 0.3 is 0 Å². The van der Waals surface area contributed by atoms with Crippen molar-refractivity contribution in [2.24, 2.45) is 5.14 Å². The third-order valence-corrected chi connectivity index (χ3v) is 6.50. The second-order valence-corrected chi connectivity index (χ2v) is 10.3. The Bertz CT molecular complexity index is 1270. The molecule has 3 rings (SSSR count). The van der Waals surface area contributed by atoms with Gasteiger partial charge in [0.25, 0.3) is 5.89 Å². The van der Waals surface area contributed by atoms with E-state index in [9.17, 15) is 16.8 Å². The van der Waals surface area contributed by atoms with E-state index in [0.29, 0.717) is 10.9 Å². The van der Waals surface area contributed by atoms with Gasteiger partial charge in [0.1, 0.15) is 10.6 Å². The topological polar surface area (TPSA) is 154 Å². The molecule has 1 heterocycles. The summed E-state index contributed by atoms with van der Waals surface area (Å²) in [6.07, 6.45) is 0.210. The van der Waals surface area contributed by atoms with Crippen LogP contribution in [0.3, 0.4) is 0 Å². The van der Waals surface area contributed by atoms with Crippen molar-refractivity contribution in [2.45, 2.75) is 24.8 Å². The number of halogens is 1. The molecule has 0 aliphatic carbocycles. The highest BCUT2D eigenvalue weighted by Crippen LogP contribution is 2.27. The second-order valence-electron chi connectivity index (χ2n) is 6.50. The average Bonchev–Trinajstić information content (AvgIpc) is 3.11. The fraction of sp³-hybridized carbons (Fsp3) is 0.222. The van der Waals surface area contributed by atoms with Crippen molar-refractivity contribution in [1.82, 2.24) is 10.2 Å². The van der Waals surface area contributed by atoms with Crippen LogP contribution in [-0.2, 0) is 33.1 Å². The minimum Gasteiger partial charge on any atom is -0.484 e. The lowest BCUT2D eigenvalue weighted by atomic mass is 10.2. The Kier molecular flexibility index (Phi) is 6.84. The van der Waals surface area contributed by atoms with Gasteiger partial charge in [-0.15, -0.1) is 10.2 Å². The van der Waals surface area contributed by atoms with Crippen molar-refractivity contribution in [1.29, 1.82) is 0 Å². The summed E-state index contributed by atoms with van der Waals surface area (Å²) in [5.41, 5.74) is 0.584. The minimum absolute atomic E-state index is 0.100. The highest BCUT2D eigenvalue weighted by molar-refractivity contribution is 7.93. The van der Waals surface area contributed by atoms with Crippen LogP contribution in [0.2, 0.25) is 5.02 Å². The van der Waals surface area contributed by atoms with Crippen molar-refractivity contribution in [3.05, 3.63) is 64.8 Å². The first-order valence-corrected chi connectivity index (χ1v) is 12.4. The number of sulfonamides is 2. The summed E-state index contributed by atoms with van der Waals surface area (Å²) in [6, 6.07) is 10.5. The van der Waals surface area contributed by atoms with Gasteiger partial charge in [-0.25, -0.2) is 22.0 Å². The highest BCUT2D eigenvalue weighted by atomic mass is 35.5. The van der Waals surface area contributed by atoms with E-state index in [2.05, 4.69) is 14.9 Å². The van der Waals surface area contributed by atoms with Crippen LogP contribution in [0.1, 0.15) is 17.3 Å². The molecule has 166 valence electrons. The lowest BCUT2D eigenvalue weighted by molar-refractivity contribution is 0.260. The molecule has 0 aliphatic rings. The number of hydrogen-bond acceptors (Lipinski definition) is 8. The molecule has 0 radical (unpaired) electrons. The number of aryl methyl sites for hydroxylation is 2. The van der Waals surface area contributed by atoms with E-state index in [4.69, 9.17) is 25.9 Å². The zero-order valence-corrected chi connectivity index (χ0v) is 18.7. The molecule has 0 aliphatic heterocycles. The molecule has 0 amide bonds. The number of hydrogen-bond donors (Lipinski definition) is 2. The molecule has 0 saturated carbocycles. The molecule has 10 nitrogen and oxygen atoms in total. The van der Waals surface area contributed by atoms with Gasteiger partial charge in [0.15, 0.2) is 6.61 Å². The molecule has 2 aromatic carbocycles. The molecule has 0 saturated heterocycles. The summed E-state index contributed by atoms with van der Waals surface area (Å²) < 4.78 is 61.9. The average molecular weight is 487 g/mol. The molecule has 1 aromatic heterocycles. The van der Waals surface area contributed by atoms with Crippen LogP contribution in [0.15, 0.2) is 51.8 Å². The number of ether oxygens (including phenoxy) is 1. The van der Waals surface area contributed by atoms with Gasteiger partial charge in [-0.1, -0.05) is 23.7 Å². The maximum Gasteiger partial charge on any atom is 0.253 e. The molecule has 0 spiro atoms. The zero-order valence-electron chi connectivity index (χ0n) is 16.3. The molecule has 0 atom stereocenters. The van der Waals surface area contributed by atoms with Crippen LogP contribution in [0.5, 0.6) is 5.75 Å². The van der Waals surface area contributed by atoms with Gasteiger partial charge in [-0.3, -0.25) is 4.72 Å². The van der Waals surface area contributed by atoms with Gasteiger partial charge in [-0.05, 0) is 36.2 Å². The fourth-order valence-electron chi connectivity index (χ4n) is 2.57. The second kappa shape index (κ2) is 9.22. The van der Waals surface area contributed by atoms with Crippen LogP contribution >= 0.6 is 11.6 Å². The van der Waals surface area contributed by atoms with Crippen LogP contribution in [0.25, 0.3) is 0 Å². The third-order valence-electron chi connectivity index (χ3n) is 4.03. The van der Waals surface area contributed by atoms with Crippen molar-refractivity contribution in [2.75, 3.05) is 10.5 Å². The lowest BCUT2D eigenvalue weighted by Crippen LogP contribution is -2.21. The fourth-order valence-corrected chi connectivity index (χ4v) is 4.59. The standard InChI is InChI=1S/C18H19ClN4O6S2/c1-12-21-22-18(29-12)11-28-15-6-7-16(17(10-15)31(20,26)27)23-30(24,25)9-8-13-2-4-14(19)5-3-13/h2-7,10,23H,8-9,11H2,1H3,(H2,20,26,27). The monoisotopic (exact) mass is 486 g/mol. The molecule has 0 bridgehead atoms. The van der Waals surface area contributed by atoms with Gasteiger partial charge in [0, 0.05) is 18.0 Å². The van der Waals surface area contributed by atoms with Crippen LogP contribution in [0.4, 0.5) is 5.69 Å². The number of nitrogens with one attached hydrogen (secondary N) is 1. The number of rotatable bonds is 9. The number of nitrogens with zero attached hydrogens (tertiary/aromatic N) is 2. The summed E-state index contributed by atoms with van der Waals surface area (Å²) in [5, 5.41) is 13.2. The molecular formula is C18H19ClN4O6S2. The largest absolute Gasteiger partial charge is 0.484 e. The van der Waals surface area contributed by atoms with Gasteiger partial charge < -0.3 is 9.15 Å². The van der Waals surface area contributed by atoms with Crippen molar-refractivity contribution in [3.8, 4) is 5.75 Å². The first kappa shape index (κ1) is 23.0. The summed E-state index contributed by atoms with van der Waals surface area (Å²) >= 11 is 5.82. The van der Waals surface area contributed by atoms with Crippen LogP contribution in [-0.4, -0.2) is 32.8 Å².